The highest BCUT2D eigenvalue weighted by Crippen LogP contribution is 2.29. The van der Waals surface area contributed by atoms with Crippen LogP contribution in [0.15, 0.2) is 35.1 Å². The zero-order valence-corrected chi connectivity index (χ0v) is 11.2. The van der Waals surface area contributed by atoms with Crippen molar-refractivity contribution in [1.29, 1.82) is 0 Å². The van der Waals surface area contributed by atoms with Crippen LogP contribution in [-0.4, -0.2) is 14.9 Å². The van der Waals surface area contributed by atoms with Crippen LogP contribution in [0.2, 0.25) is 0 Å². The summed E-state index contributed by atoms with van der Waals surface area (Å²) >= 11 is 3.31. The van der Waals surface area contributed by atoms with Crippen LogP contribution in [0.5, 0.6) is 5.88 Å². The van der Waals surface area contributed by atoms with E-state index in [2.05, 4.69) is 25.9 Å². The Morgan fingerprint density at radius 1 is 1.32 bits per heavy atom. The zero-order chi connectivity index (χ0) is 13.8. The van der Waals surface area contributed by atoms with Crippen molar-refractivity contribution < 1.29 is 9.66 Å². The van der Waals surface area contributed by atoms with Crippen LogP contribution in [0, 0.1) is 10.1 Å². The van der Waals surface area contributed by atoms with Gasteiger partial charge < -0.3 is 10.5 Å². The molecule has 19 heavy (non-hydrogen) atoms. The van der Waals surface area contributed by atoms with E-state index in [1.807, 2.05) is 24.3 Å². The average Bonchev–Trinajstić information content (AvgIpc) is 2.37. The van der Waals surface area contributed by atoms with Crippen molar-refractivity contribution in [3.05, 3.63) is 50.7 Å². The fourth-order valence-corrected chi connectivity index (χ4v) is 1.65. The van der Waals surface area contributed by atoms with E-state index in [1.54, 1.807) is 0 Å². The lowest BCUT2D eigenvalue weighted by Crippen LogP contribution is -2.05. The molecular weight excluding hydrogens is 316 g/mol. The molecule has 0 bridgehead atoms. The number of halogens is 1. The Hall–Kier alpha value is -2.22. The number of rotatable bonds is 4. The number of nitrogen functional groups attached to an aromatic ring is 1. The van der Waals surface area contributed by atoms with Crippen LogP contribution in [0.4, 0.5) is 11.5 Å². The van der Waals surface area contributed by atoms with Gasteiger partial charge in [0.05, 0.1) is 4.92 Å². The molecule has 0 radical (unpaired) electrons. The maximum Gasteiger partial charge on any atom is 0.372 e. The summed E-state index contributed by atoms with van der Waals surface area (Å²) in [5, 5.41) is 10.9. The Kier molecular flexibility index (Phi) is 3.91. The minimum atomic E-state index is -0.660. The van der Waals surface area contributed by atoms with E-state index in [0.29, 0.717) is 0 Å². The van der Waals surface area contributed by atoms with Gasteiger partial charge in [0, 0.05) is 4.47 Å². The van der Waals surface area contributed by atoms with E-state index in [1.165, 1.54) is 0 Å². The molecule has 0 unspecified atom stereocenters. The number of nitro groups is 1. The van der Waals surface area contributed by atoms with Crippen LogP contribution in [0.3, 0.4) is 0 Å². The van der Waals surface area contributed by atoms with Crippen molar-refractivity contribution >= 4 is 27.4 Å². The largest absolute Gasteiger partial charge is 0.468 e. The maximum absolute atomic E-state index is 10.9. The molecule has 0 aliphatic heterocycles. The first kappa shape index (κ1) is 13.2. The lowest BCUT2D eigenvalue weighted by atomic mass is 10.2. The van der Waals surface area contributed by atoms with Gasteiger partial charge in [-0.1, -0.05) is 28.1 Å². The number of hydrogen-bond donors (Lipinski definition) is 1. The average molecular weight is 325 g/mol. The standard InChI is InChI=1S/C11H9BrN4O3/c12-8-3-1-7(2-4-8)5-19-11-9(16(17)18)10(13)14-6-15-11/h1-4,6H,5H2,(H2,13,14,15). The van der Waals surface area contributed by atoms with Gasteiger partial charge >= 0.3 is 5.69 Å². The highest BCUT2D eigenvalue weighted by atomic mass is 79.9. The molecule has 0 spiro atoms. The number of nitrogens with two attached hydrogens (primary N) is 1. The van der Waals surface area contributed by atoms with Gasteiger partial charge in [-0.15, -0.1) is 0 Å². The molecule has 7 nitrogen and oxygen atoms in total. The Morgan fingerprint density at radius 3 is 2.63 bits per heavy atom. The van der Waals surface area contributed by atoms with Crippen molar-refractivity contribution in [3.8, 4) is 5.88 Å². The molecule has 0 aliphatic rings. The van der Waals surface area contributed by atoms with Gasteiger partial charge in [0.15, 0.2) is 0 Å². The second kappa shape index (κ2) is 5.61. The van der Waals surface area contributed by atoms with E-state index in [4.69, 9.17) is 10.5 Å². The molecule has 98 valence electrons. The minimum Gasteiger partial charge on any atom is -0.468 e. The molecule has 2 N–H and O–H groups in total. The topological polar surface area (TPSA) is 104 Å². The van der Waals surface area contributed by atoms with Crippen molar-refractivity contribution in [3.63, 3.8) is 0 Å². The third-order valence-corrected chi connectivity index (χ3v) is 2.82. The second-order valence-corrected chi connectivity index (χ2v) is 4.50. The van der Waals surface area contributed by atoms with E-state index < -0.39 is 10.6 Å². The normalized spacial score (nSPS) is 10.2. The van der Waals surface area contributed by atoms with E-state index >= 15 is 0 Å². The second-order valence-electron chi connectivity index (χ2n) is 3.58. The van der Waals surface area contributed by atoms with Crippen LogP contribution >= 0.6 is 15.9 Å². The van der Waals surface area contributed by atoms with E-state index in [9.17, 15) is 10.1 Å². The summed E-state index contributed by atoms with van der Waals surface area (Å²) in [6.45, 7) is 0.157. The quantitative estimate of drug-likeness (QED) is 0.683. The van der Waals surface area contributed by atoms with E-state index in [-0.39, 0.29) is 18.3 Å². The lowest BCUT2D eigenvalue weighted by molar-refractivity contribution is -0.385. The number of nitrogens with zero attached hydrogens (tertiary/aromatic N) is 3. The number of ether oxygens (including phenoxy) is 1. The predicted molar refractivity (Wildman–Crippen MR) is 71.6 cm³/mol. The van der Waals surface area contributed by atoms with Gasteiger partial charge in [0.25, 0.3) is 5.88 Å². The summed E-state index contributed by atoms with van der Waals surface area (Å²) in [5.74, 6) is -0.355. The van der Waals surface area contributed by atoms with Gasteiger partial charge in [-0.05, 0) is 17.7 Å². The van der Waals surface area contributed by atoms with Gasteiger partial charge in [0.1, 0.15) is 12.9 Å². The number of anilines is 1. The molecular formula is C11H9BrN4O3. The SMILES string of the molecule is Nc1ncnc(OCc2ccc(Br)cc2)c1[N+](=O)[O-]. The maximum atomic E-state index is 10.9. The Labute approximate surface area is 116 Å². The molecule has 0 atom stereocenters. The van der Waals surface area contributed by atoms with Crippen molar-refractivity contribution in [2.45, 2.75) is 6.61 Å². The van der Waals surface area contributed by atoms with Gasteiger partial charge in [-0.25, -0.2) is 4.98 Å². The van der Waals surface area contributed by atoms with Crippen molar-refractivity contribution in [2.75, 3.05) is 5.73 Å². The molecule has 1 aromatic carbocycles. The molecule has 0 amide bonds. The third kappa shape index (κ3) is 3.16. The number of hydrogen-bond acceptors (Lipinski definition) is 6. The lowest BCUT2D eigenvalue weighted by Gasteiger charge is -2.06. The number of aromatic nitrogens is 2. The molecule has 0 saturated heterocycles. The Balaban J connectivity index is 2.18. The van der Waals surface area contributed by atoms with Crippen LogP contribution in [-0.2, 0) is 6.61 Å². The summed E-state index contributed by atoms with van der Waals surface area (Å²) < 4.78 is 6.26. The Bertz CT molecular complexity index is 603. The first-order chi connectivity index (χ1) is 9.08. The molecule has 8 heteroatoms. The summed E-state index contributed by atoms with van der Waals surface area (Å²) in [6, 6.07) is 7.36. The highest BCUT2D eigenvalue weighted by Gasteiger charge is 2.22. The summed E-state index contributed by atoms with van der Waals surface area (Å²) in [7, 11) is 0. The highest BCUT2D eigenvalue weighted by molar-refractivity contribution is 9.10. The molecule has 0 aliphatic carbocycles. The molecule has 0 saturated carbocycles. The van der Waals surface area contributed by atoms with Gasteiger partial charge in [-0.3, -0.25) is 10.1 Å². The Morgan fingerprint density at radius 2 is 2.00 bits per heavy atom. The first-order valence-electron chi connectivity index (χ1n) is 5.20. The number of benzene rings is 1. The fourth-order valence-electron chi connectivity index (χ4n) is 1.38. The molecule has 0 fully saturated rings. The summed E-state index contributed by atoms with van der Waals surface area (Å²) in [5.41, 5.74) is 5.87. The smallest absolute Gasteiger partial charge is 0.372 e. The van der Waals surface area contributed by atoms with Crippen LogP contribution in [0.25, 0.3) is 0 Å². The first-order valence-corrected chi connectivity index (χ1v) is 5.99. The molecule has 1 aromatic heterocycles. The summed E-state index contributed by atoms with van der Waals surface area (Å²) in [6.07, 6.45) is 1.12. The fraction of sp³-hybridized carbons (Fsp3) is 0.0909. The summed E-state index contributed by atoms with van der Waals surface area (Å²) in [4.78, 5) is 17.5. The third-order valence-electron chi connectivity index (χ3n) is 2.29. The van der Waals surface area contributed by atoms with Gasteiger partial charge in [-0.2, -0.15) is 4.98 Å². The molecule has 1 heterocycles. The van der Waals surface area contributed by atoms with Crippen LogP contribution in [0.1, 0.15) is 5.56 Å². The van der Waals surface area contributed by atoms with Crippen molar-refractivity contribution in [1.82, 2.24) is 9.97 Å². The van der Waals surface area contributed by atoms with E-state index in [0.717, 1.165) is 16.4 Å². The van der Waals surface area contributed by atoms with Gasteiger partial charge in [0.2, 0.25) is 5.82 Å². The molecule has 2 rings (SSSR count). The predicted octanol–water partition coefficient (Wildman–Crippen LogP) is 2.31. The van der Waals surface area contributed by atoms with Crippen LogP contribution < -0.4 is 10.5 Å². The monoisotopic (exact) mass is 324 g/mol. The zero-order valence-electron chi connectivity index (χ0n) is 9.62. The van der Waals surface area contributed by atoms with Crippen molar-refractivity contribution in [2.24, 2.45) is 0 Å². The molecule has 2 aromatic rings. The minimum absolute atomic E-state index is 0.139.